The molecular weight excluding hydrogens is 332 g/mol. The van der Waals surface area contributed by atoms with E-state index in [9.17, 15) is 9.59 Å². The summed E-state index contributed by atoms with van der Waals surface area (Å²) in [5, 5.41) is 0. The summed E-state index contributed by atoms with van der Waals surface area (Å²) in [5.41, 5.74) is 6.24. The van der Waals surface area contributed by atoms with Crippen molar-refractivity contribution in [2.75, 3.05) is 32.0 Å². The van der Waals surface area contributed by atoms with Gasteiger partial charge in [-0.1, -0.05) is 19.9 Å². The molecule has 0 saturated carbocycles. The number of anilines is 1. The third-order valence-electron chi connectivity index (χ3n) is 3.40. The lowest BCUT2D eigenvalue weighted by molar-refractivity contribution is 0.0358. The average Bonchev–Trinajstić information content (AvgIpc) is 2.50. The van der Waals surface area contributed by atoms with Crippen LogP contribution in [0.5, 0.6) is 0 Å². The number of rotatable bonds is 8. The molecule has 136 valence electrons. The van der Waals surface area contributed by atoms with Crippen LogP contribution in [0.15, 0.2) is 18.2 Å². The summed E-state index contributed by atoms with van der Waals surface area (Å²) < 4.78 is 10.4. The predicted molar refractivity (Wildman–Crippen MR) is 96.7 cm³/mol. The van der Waals surface area contributed by atoms with Crippen molar-refractivity contribution < 1.29 is 19.1 Å². The molecule has 0 spiro atoms. The first-order chi connectivity index (χ1) is 10.9. The number of hydrogen-bond acceptors (Lipinski definition) is 6. The lowest BCUT2D eigenvalue weighted by atomic mass is 10.1. The first-order valence-electron chi connectivity index (χ1n) is 7.89. The van der Waals surface area contributed by atoms with Gasteiger partial charge >= 0.3 is 11.9 Å². The fourth-order valence-corrected chi connectivity index (χ4v) is 2.13. The minimum absolute atomic E-state index is 0. The number of nitrogen functional groups attached to an aromatic ring is 1. The zero-order valence-electron chi connectivity index (χ0n) is 14.7. The summed E-state index contributed by atoms with van der Waals surface area (Å²) in [6, 6.07) is 4.69. The molecule has 0 radical (unpaired) electrons. The molecule has 0 aliphatic heterocycles. The normalized spacial score (nSPS) is 10.4. The van der Waals surface area contributed by atoms with Crippen molar-refractivity contribution >= 4 is 30.0 Å². The van der Waals surface area contributed by atoms with Gasteiger partial charge in [0.05, 0.1) is 17.2 Å². The molecular formula is C17H27ClN2O4. The van der Waals surface area contributed by atoms with Gasteiger partial charge in [0.2, 0.25) is 0 Å². The third kappa shape index (κ3) is 6.37. The Morgan fingerprint density at radius 3 is 2.33 bits per heavy atom. The van der Waals surface area contributed by atoms with Crippen LogP contribution in [0, 0.1) is 0 Å². The largest absolute Gasteiger partial charge is 0.461 e. The van der Waals surface area contributed by atoms with Crippen molar-refractivity contribution in [1.82, 2.24) is 4.90 Å². The number of benzene rings is 1. The maximum Gasteiger partial charge on any atom is 0.341 e. The maximum atomic E-state index is 12.3. The minimum Gasteiger partial charge on any atom is -0.461 e. The van der Waals surface area contributed by atoms with Crippen molar-refractivity contribution in [3.05, 3.63) is 29.3 Å². The van der Waals surface area contributed by atoms with Crippen LogP contribution in [-0.4, -0.2) is 49.2 Å². The highest BCUT2D eigenvalue weighted by Gasteiger charge is 2.23. The topological polar surface area (TPSA) is 81.9 Å². The molecule has 7 heteroatoms. The molecule has 0 amide bonds. The molecule has 0 saturated heterocycles. The third-order valence-corrected chi connectivity index (χ3v) is 3.40. The number of likely N-dealkylation sites (N-methyl/N-ethyl adjacent to an activating group) is 1. The molecule has 24 heavy (non-hydrogen) atoms. The number of nitrogens with zero attached hydrogens (tertiary/aromatic N) is 1. The number of esters is 2. The van der Waals surface area contributed by atoms with Crippen molar-refractivity contribution in [3.63, 3.8) is 0 Å². The van der Waals surface area contributed by atoms with E-state index in [1.165, 1.54) is 6.07 Å². The van der Waals surface area contributed by atoms with Gasteiger partial charge in [0, 0.05) is 12.2 Å². The number of ether oxygens (including phenoxy) is 2. The second kappa shape index (κ2) is 10.9. The molecule has 0 aliphatic rings. The Labute approximate surface area is 149 Å². The standard InChI is InChI=1S/C17H26N2O4.ClH/c1-5-19(6-2)10-11-22-16(20)13-8-7-9-14(18)15(13)17(21)23-12(3)4;/h7-9,12H,5-6,10-11,18H2,1-4H3;1H. The maximum absolute atomic E-state index is 12.3. The molecule has 0 heterocycles. The highest BCUT2D eigenvalue weighted by Crippen LogP contribution is 2.20. The molecule has 0 aromatic heterocycles. The van der Waals surface area contributed by atoms with E-state index >= 15 is 0 Å². The van der Waals surface area contributed by atoms with E-state index in [0.29, 0.717) is 6.54 Å². The molecule has 0 atom stereocenters. The molecule has 1 aromatic rings. The van der Waals surface area contributed by atoms with Gasteiger partial charge in [-0.3, -0.25) is 0 Å². The van der Waals surface area contributed by atoms with Crippen LogP contribution in [0.3, 0.4) is 0 Å². The molecule has 2 N–H and O–H groups in total. The number of halogens is 1. The summed E-state index contributed by atoms with van der Waals surface area (Å²) in [6.07, 6.45) is -0.298. The van der Waals surface area contributed by atoms with Crippen LogP contribution in [0.2, 0.25) is 0 Å². The fraction of sp³-hybridized carbons (Fsp3) is 0.529. The summed E-state index contributed by atoms with van der Waals surface area (Å²) in [4.78, 5) is 26.6. The van der Waals surface area contributed by atoms with E-state index < -0.39 is 11.9 Å². The predicted octanol–water partition coefficient (Wildman–Crippen LogP) is 2.75. The second-order valence-corrected chi connectivity index (χ2v) is 5.39. The molecule has 0 aliphatic carbocycles. The van der Waals surface area contributed by atoms with Crippen molar-refractivity contribution in [2.45, 2.75) is 33.8 Å². The Bertz CT molecular complexity index is 545. The van der Waals surface area contributed by atoms with Gasteiger partial charge in [-0.25, -0.2) is 9.59 Å². The van der Waals surface area contributed by atoms with E-state index in [4.69, 9.17) is 15.2 Å². The summed E-state index contributed by atoms with van der Waals surface area (Å²) in [7, 11) is 0. The second-order valence-electron chi connectivity index (χ2n) is 5.39. The highest BCUT2D eigenvalue weighted by molar-refractivity contribution is 6.06. The van der Waals surface area contributed by atoms with Gasteiger partial charge in [0.15, 0.2) is 0 Å². The number of nitrogens with two attached hydrogens (primary N) is 1. The average molecular weight is 359 g/mol. The lowest BCUT2D eigenvalue weighted by Crippen LogP contribution is -2.28. The van der Waals surface area contributed by atoms with E-state index in [0.717, 1.165) is 13.1 Å². The Kier molecular flexibility index (Phi) is 10.1. The van der Waals surface area contributed by atoms with Gasteiger partial charge in [0.1, 0.15) is 6.61 Å². The van der Waals surface area contributed by atoms with E-state index in [2.05, 4.69) is 4.90 Å². The number of carbonyl (C=O) groups excluding carboxylic acids is 2. The number of hydrogen-bond donors (Lipinski definition) is 1. The first kappa shape index (κ1) is 22.2. The zero-order valence-corrected chi connectivity index (χ0v) is 15.5. The van der Waals surface area contributed by atoms with Gasteiger partial charge in [0.25, 0.3) is 0 Å². The van der Waals surface area contributed by atoms with Gasteiger partial charge in [-0.15, -0.1) is 12.4 Å². The lowest BCUT2D eigenvalue weighted by Gasteiger charge is -2.18. The van der Waals surface area contributed by atoms with Crippen LogP contribution in [0.1, 0.15) is 48.4 Å². The Hall–Kier alpha value is -1.79. The summed E-state index contributed by atoms with van der Waals surface area (Å²) >= 11 is 0. The fourth-order valence-electron chi connectivity index (χ4n) is 2.13. The quantitative estimate of drug-likeness (QED) is 0.568. The van der Waals surface area contributed by atoms with Gasteiger partial charge < -0.3 is 20.1 Å². The van der Waals surface area contributed by atoms with Crippen molar-refractivity contribution in [1.29, 1.82) is 0 Å². The SMILES string of the molecule is CCN(CC)CCOC(=O)c1cccc(N)c1C(=O)OC(C)C.Cl. The minimum atomic E-state index is -0.617. The van der Waals surface area contributed by atoms with E-state index in [-0.39, 0.29) is 41.9 Å². The molecule has 0 bridgehead atoms. The van der Waals surface area contributed by atoms with E-state index in [1.807, 2.05) is 13.8 Å². The summed E-state index contributed by atoms with van der Waals surface area (Å²) in [6.45, 7) is 10.2. The molecule has 1 aromatic carbocycles. The van der Waals surface area contributed by atoms with Crippen LogP contribution >= 0.6 is 12.4 Å². The molecule has 0 unspecified atom stereocenters. The molecule has 0 fully saturated rings. The smallest absolute Gasteiger partial charge is 0.341 e. The summed E-state index contributed by atoms with van der Waals surface area (Å²) in [5.74, 6) is -1.19. The van der Waals surface area contributed by atoms with Crippen LogP contribution in [-0.2, 0) is 9.47 Å². The highest BCUT2D eigenvalue weighted by atomic mass is 35.5. The van der Waals surface area contributed by atoms with Crippen LogP contribution in [0.4, 0.5) is 5.69 Å². The van der Waals surface area contributed by atoms with Gasteiger partial charge in [-0.05, 0) is 39.1 Å². The van der Waals surface area contributed by atoms with Crippen LogP contribution < -0.4 is 5.73 Å². The Morgan fingerprint density at radius 2 is 1.79 bits per heavy atom. The Balaban J connectivity index is 0.00000529. The Morgan fingerprint density at radius 1 is 1.17 bits per heavy atom. The monoisotopic (exact) mass is 358 g/mol. The van der Waals surface area contributed by atoms with E-state index in [1.54, 1.807) is 26.0 Å². The molecule has 6 nitrogen and oxygen atoms in total. The van der Waals surface area contributed by atoms with Crippen molar-refractivity contribution in [2.24, 2.45) is 0 Å². The van der Waals surface area contributed by atoms with Gasteiger partial charge in [-0.2, -0.15) is 0 Å². The zero-order chi connectivity index (χ0) is 17.4. The van der Waals surface area contributed by atoms with Crippen molar-refractivity contribution in [3.8, 4) is 0 Å². The first-order valence-corrected chi connectivity index (χ1v) is 7.89. The van der Waals surface area contributed by atoms with Crippen LogP contribution in [0.25, 0.3) is 0 Å². The molecule has 1 rings (SSSR count). The number of carbonyl (C=O) groups is 2.